The van der Waals surface area contributed by atoms with Crippen LogP contribution in [0.3, 0.4) is 0 Å². The van der Waals surface area contributed by atoms with Crippen LogP contribution >= 0.6 is 11.6 Å². The van der Waals surface area contributed by atoms with Crippen molar-refractivity contribution < 1.29 is 19.1 Å². The third-order valence-corrected chi connectivity index (χ3v) is 5.98. The summed E-state index contributed by atoms with van der Waals surface area (Å²) in [5.41, 5.74) is 2.33. The second-order valence-electron chi connectivity index (χ2n) is 7.46. The highest BCUT2D eigenvalue weighted by molar-refractivity contribution is 6.40. The monoisotopic (exact) mass is 439 g/mol. The summed E-state index contributed by atoms with van der Waals surface area (Å²) in [6.45, 7) is 3.68. The number of barbiturate groups is 1. The molecule has 0 saturated carbocycles. The summed E-state index contributed by atoms with van der Waals surface area (Å²) in [5.74, 6) is -0.929. The van der Waals surface area contributed by atoms with Gasteiger partial charge in [0.05, 0.1) is 12.8 Å². The molecule has 2 aliphatic rings. The lowest BCUT2D eigenvalue weighted by Crippen LogP contribution is -2.54. The summed E-state index contributed by atoms with van der Waals surface area (Å²) in [6.07, 6.45) is 3.74. The number of hydrogen-bond donors (Lipinski definition) is 1. The van der Waals surface area contributed by atoms with E-state index in [9.17, 15) is 14.4 Å². The Bertz CT molecular complexity index is 1110. The Morgan fingerprint density at radius 1 is 1.10 bits per heavy atom. The molecule has 2 aromatic carbocycles. The number of anilines is 2. The fourth-order valence-electron chi connectivity index (χ4n) is 3.86. The number of nitrogens with one attached hydrogen (secondary N) is 1. The molecule has 0 atom stereocenters. The van der Waals surface area contributed by atoms with Crippen LogP contribution in [0, 0.1) is 6.92 Å². The topological polar surface area (TPSA) is 79.0 Å². The number of amides is 4. The van der Waals surface area contributed by atoms with Crippen molar-refractivity contribution in [2.45, 2.75) is 19.8 Å². The van der Waals surface area contributed by atoms with Gasteiger partial charge >= 0.3 is 6.03 Å². The van der Waals surface area contributed by atoms with Gasteiger partial charge in [-0.15, -0.1) is 0 Å². The zero-order chi connectivity index (χ0) is 22.1. The summed E-state index contributed by atoms with van der Waals surface area (Å²) < 4.78 is 5.51. The predicted molar refractivity (Wildman–Crippen MR) is 120 cm³/mol. The minimum atomic E-state index is -0.811. The molecule has 0 unspecified atom stereocenters. The molecule has 7 nitrogen and oxygen atoms in total. The van der Waals surface area contributed by atoms with Crippen LogP contribution in [0.5, 0.6) is 5.75 Å². The van der Waals surface area contributed by atoms with Crippen LogP contribution in [0.4, 0.5) is 16.2 Å². The van der Waals surface area contributed by atoms with E-state index in [2.05, 4.69) is 10.2 Å². The molecular weight excluding hydrogens is 418 g/mol. The van der Waals surface area contributed by atoms with Crippen molar-refractivity contribution in [3.63, 3.8) is 0 Å². The first-order valence-electron chi connectivity index (χ1n) is 10.0. The molecule has 160 valence electrons. The van der Waals surface area contributed by atoms with Gasteiger partial charge in [-0.3, -0.25) is 14.9 Å². The highest BCUT2D eigenvalue weighted by atomic mass is 35.5. The number of urea groups is 1. The Labute approximate surface area is 185 Å². The highest BCUT2D eigenvalue weighted by Crippen LogP contribution is 2.32. The van der Waals surface area contributed by atoms with Gasteiger partial charge in [0, 0.05) is 35.4 Å². The number of carbonyl (C=O) groups excluding carboxylic acids is 3. The van der Waals surface area contributed by atoms with Crippen molar-refractivity contribution in [3.8, 4) is 5.75 Å². The van der Waals surface area contributed by atoms with E-state index < -0.39 is 17.8 Å². The van der Waals surface area contributed by atoms with Crippen LogP contribution in [0.1, 0.15) is 24.0 Å². The van der Waals surface area contributed by atoms with Crippen LogP contribution in [0.15, 0.2) is 42.0 Å². The quantitative estimate of drug-likeness (QED) is 0.577. The second-order valence-corrected chi connectivity index (χ2v) is 7.87. The van der Waals surface area contributed by atoms with Gasteiger partial charge in [0.2, 0.25) is 0 Å². The molecule has 2 aliphatic heterocycles. The van der Waals surface area contributed by atoms with E-state index in [1.165, 1.54) is 6.08 Å². The van der Waals surface area contributed by atoms with Crippen LogP contribution in [0.25, 0.3) is 6.08 Å². The second kappa shape index (κ2) is 8.43. The van der Waals surface area contributed by atoms with Crippen LogP contribution in [-0.2, 0) is 9.59 Å². The molecule has 31 heavy (non-hydrogen) atoms. The van der Waals surface area contributed by atoms with Gasteiger partial charge in [-0.1, -0.05) is 17.7 Å². The molecule has 2 saturated heterocycles. The van der Waals surface area contributed by atoms with Gasteiger partial charge in [0.1, 0.15) is 11.3 Å². The predicted octanol–water partition coefficient (Wildman–Crippen LogP) is 3.92. The van der Waals surface area contributed by atoms with Crippen LogP contribution in [0.2, 0.25) is 5.02 Å². The number of hydrogen-bond acceptors (Lipinski definition) is 5. The van der Waals surface area contributed by atoms with E-state index in [-0.39, 0.29) is 5.57 Å². The lowest BCUT2D eigenvalue weighted by atomic mass is 10.0. The van der Waals surface area contributed by atoms with E-state index in [1.807, 2.05) is 18.2 Å². The molecule has 2 fully saturated rings. The van der Waals surface area contributed by atoms with Crippen molar-refractivity contribution in [2.24, 2.45) is 0 Å². The molecule has 0 bridgehead atoms. The number of benzene rings is 2. The molecule has 4 amide bonds. The Kier molecular flexibility index (Phi) is 5.69. The minimum Gasteiger partial charge on any atom is -0.496 e. The smallest absolute Gasteiger partial charge is 0.335 e. The molecule has 0 radical (unpaired) electrons. The number of ether oxygens (including phenoxy) is 1. The van der Waals surface area contributed by atoms with E-state index in [1.54, 1.807) is 32.2 Å². The van der Waals surface area contributed by atoms with Gasteiger partial charge in [-0.2, -0.15) is 0 Å². The SMILES string of the molecule is COc1cc(N2CCCC2)ccc1/C=C1\C(=O)NC(=O)N(c2cccc(Cl)c2C)C1=O. The maximum atomic E-state index is 13.2. The van der Waals surface area contributed by atoms with Crippen molar-refractivity contribution in [1.29, 1.82) is 0 Å². The maximum Gasteiger partial charge on any atom is 0.335 e. The van der Waals surface area contributed by atoms with Crippen molar-refractivity contribution in [1.82, 2.24) is 5.32 Å². The molecule has 0 spiro atoms. The lowest BCUT2D eigenvalue weighted by Gasteiger charge is -2.28. The summed E-state index contributed by atoms with van der Waals surface area (Å²) >= 11 is 6.16. The van der Waals surface area contributed by atoms with E-state index in [0.29, 0.717) is 27.6 Å². The molecule has 2 heterocycles. The molecule has 2 aromatic rings. The minimum absolute atomic E-state index is 0.161. The van der Waals surface area contributed by atoms with Crippen LogP contribution in [-0.4, -0.2) is 38.0 Å². The fourth-order valence-corrected chi connectivity index (χ4v) is 4.03. The standard InChI is InChI=1S/C23H22ClN3O4/c1-14-18(24)6-5-7-19(14)27-22(29)17(21(28)25-23(27)30)12-15-8-9-16(13-20(15)31-2)26-10-3-4-11-26/h5-9,12-13H,3-4,10-11H2,1-2H3,(H,25,28,30)/b17-12+. The largest absolute Gasteiger partial charge is 0.496 e. The number of methoxy groups -OCH3 is 1. The van der Waals surface area contributed by atoms with Gasteiger partial charge < -0.3 is 9.64 Å². The molecular formula is C23H22ClN3O4. The van der Waals surface area contributed by atoms with Crippen molar-refractivity contribution in [2.75, 3.05) is 30.0 Å². The third kappa shape index (κ3) is 3.88. The van der Waals surface area contributed by atoms with E-state index in [4.69, 9.17) is 16.3 Å². The zero-order valence-corrected chi connectivity index (χ0v) is 18.0. The number of carbonyl (C=O) groups is 3. The fraction of sp³-hybridized carbons (Fsp3) is 0.261. The molecule has 8 heteroatoms. The molecule has 1 N–H and O–H groups in total. The normalized spacial score (nSPS) is 18.0. The summed E-state index contributed by atoms with van der Waals surface area (Å²) in [4.78, 5) is 41.3. The highest BCUT2D eigenvalue weighted by Gasteiger charge is 2.37. The molecule has 0 aromatic heterocycles. The number of rotatable bonds is 4. The lowest BCUT2D eigenvalue weighted by molar-refractivity contribution is -0.122. The number of imide groups is 2. The summed E-state index contributed by atoms with van der Waals surface area (Å²) in [7, 11) is 1.54. The van der Waals surface area contributed by atoms with Gasteiger partial charge in [0.25, 0.3) is 11.8 Å². The summed E-state index contributed by atoms with van der Waals surface area (Å²) in [5, 5.41) is 2.65. The van der Waals surface area contributed by atoms with Gasteiger partial charge in [-0.05, 0) is 55.7 Å². The molecule has 0 aliphatic carbocycles. The first-order chi connectivity index (χ1) is 14.9. The van der Waals surface area contributed by atoms with Gasteiger partial charge in [0.15, 0.2) is 0 Å². The number of halogens is 1. The average molecular weight is 440 g/mol. The third-order valence-electron chi connectivity index (χ3n) is 5.57. The Morgan fingerprint density at radius 2 is 1.84 bits per heavy atom. The van der Waals surface area contributed by atoms with Crippen molar-refractivity contribution in [3.05, 3.63) is 58.1 Å². The van der Waals surface area contributed by atoms with Crippen molar-refractivity contribution >= 4 is 46.9 Å². The average Bonchev–Trinajstić information content (AvgIpc) is 3.29. The first-order valence-corrected chi connectivity index (χ1v) is 10.4. The zero-order valence-electron chi connectivity index (χ0n) is 17.3. The molecule has 4 rings (SSSR count). The Morgan fingerprint density at radius 3 is 2.55 bits per heavy atom. The van der Waals surface area contributed by atoms with E-state index in [0.717, 1.165) is 36.5 Å². The van der Waals surface area contributed by atoms with Gasteiger partial charge in [-0.25, -0.2) is 9.69 Å². The number of nitrogens with zero attached hydrogens (tertiary/aromatic N) is 2. The Hall–Kier alpha value is -3.32. The van der Waals surface area contributed by atoms with Crippen LogP contribution < -0.4 is 19.9 Å². The first kappa shape index (κ1) is 20.9. The Balaban J connectivity index is 1.72. The maximum absolute atomic E-state index is 13.2. The van der Waals surface area contributed by atoms with E-state index >= 15 is 0 Å². The summed E-state index contributed by atoms with van der Waals surface area (Å²) in [6, 6.07) is 9.76.